The van der Waals surface area contributed by atoms with Gasteiger partial charge in [-0.1, -0.05) is 48.5 Å². The first-order valence-electron chi connectivity index (χ1n) is 11.9. The number of anilines is 1. The van der Waals surface area contributed by atoms with Gasteiger partial charge in [0.2, 0.25) is 5.91 Å². The number of rotatable bonds is 11. The normalized spacial score (nSPS) is 11.3. The van der Waals surface area contributed by atoms with Gasteiger partial charge in [-0.3, -0.25) is 4.79 Å². The van der Waals surface area contributed by atoms with Gasteiger partial charge in [-0.25, -0.2) is 18.2 Å². The molecular weight excluding hydrogens is 552 g/mol. The second-order valence-corrected chi connectivity index (χ2v) is 8.61. The van der Waals surface area contributed by atoms with Crippen LogP contribution in [0.1, 0.15) is 28.6 Å². The number of benzene rings is 3. The first-order chi connectivity index (χ1) is 17.9. The van der Waals surface area contributed by atoms with E-state index in [-0.39, 0.29) is 49.3 Å². The van der Waals surface area contributed by atoms with Crippen molar-refractivity contribution in [2.45, 2.75) is 25.5 Å². The molecule has 0 unspecified atom stereocenters. The third-order valence-corrected chi connectivity index (χ3v) is 5.93. The van der Waals surface area contributed by atoms with Crippen LogP contribution in [-0.4, -0.2) is 33.7 Å². The average molecular weight is 581 g/mol. The Hall–Kier alpha value is -3.37. The highest BCUT2D eigenvalue weighted by Crippen LogP contribution is 2.17. The molecule has 0 saturated carbocycles. The first-order valence-corrected chi connectivity index (χ1v) is 11.9. The summed E-state index contributed by atoms with van der Waals surface area (Å²) in [5, 5.41) is 16.2. The van der Waals surface area contributed by atoms with Crippen molar-refractivity contribution < 1.29 is 23.1 Å². The van der Waals surface area contributed by atoms with Gasteiger partial charge < -0.3 is 20.3 Å². The maximum absolute atomic E-state index is 14.0. The van der Waals surface area contributed by atoms with E-state index in [2.05, 4.69) is 15.6 Å². The highest BCUT2D eigenvalue weighted by Gasteiger charge is 2.16. The molecule has 4 rings (SSSR count). The van der Waals surface area contributed by atoms with Crippen molar-refractivity contribution in [1.29, 1.82) is 0 Å². The van der Waals surface area contributed by atoms with Crippen LogP contribution in [0.3, 0.4) is 0 Å². The Labute approximate surface area is 237 Å². The minimum absolute atomic E-state index is 0. The molecule has 0 aliphatic carbocycles. The number of aliphatic hydroxyl groups excluding tert-OH is 1. The standard InChI is InChI=1S/C28H27F3N4O2.2ClH/c29-23-11-8-21(27(30)28(23)31)18-35-15-14-33-25(35)16-26(37)34-22-9-6-19(7-10-22)12-13-32-17-24(36)20-4-2-1-3-5-20;;/h1-11,14-15,24,32,36H,12-13,16-18H2,(H,34,37);2*1H/t24-;;/m0../s1. The van der Waals surface area contributed by atoms with E-state index in [1.54, 1.807) is 18.3 Å². The van der Waals surface area contributed by atoms with Gasteiger partial charge >= 0.3 is 0 Å². The summed E-state index contributed by atoms with van der Waals surface area (Å²) in [5.41, 5.74) is 2.52. The van der Waals surface area contributed by atoms with Crippen LogP contribution in [0.2, 0.25) is 0 Å². The van der Waals surface area contributed by atoms with E-state index < -0.39 is 23.6 Å². The third-order valence-electron chi connectivity index (χ3n) is 5.93. The number of aromatic nitrogens is 2. The minimum atomic E-state index is -1.53. The van der Waals surface area contributed by atoms with Crippen molar-refractivity contribution in [2.75, 3.05) is 18.4 Å². The van der Waals surface area contributed by atoms with Gasteiger partial charge in [-0.15, -0.1) is 24.8 Å². The monoisotopic (exact) mass is 580 g/mol. The Kier molecular flexibility index (Phi) is 12.5. The molecule has 0 bridgehead atoms. The van der Waals surface area contributed by atoms with Crippen LogP contribution in [0.15, 0.2) is 79.1 Å². The molecule has 4 aromatic rings. The van der Waals surface area contributed by atoms with Crippen molar-refractivity contribution in [3.05, 3.63) is 119 Å². The maximum atomic E-state index is 14.0. The summed E-state index contributed by atoms with van der Waals surface area (Å²) in [6, 6.07) is 18.9. The number of hydrogen-bond donors (Lipinski definition) is 3. The lowest BCUT2D eigenvalue weighted by Gasteiger charge is -2.12. The van der Waals surface area contributed by atoms with Gasteiger partial charge in [0.15, 0.2) is 17.5 Å². The van der Waals surface area contributed by atoms with Crippen molar-refractivity contribution in [2.24, 2.45) is 0 Å². The number of nitrogens with zero attached hydrogens (tertiary/aromatic N) is 2. The molecule has 3 N–H and O–H groups in total. The van der Waals surface area contributed by atoms with E-state index in [4.69, 9.17) is 0 Å². The summed E-state index contributed by atoms with van der Waals surface area (Å²) in [6.45, 7) is 1.06. The average Bonchev–Trinajstić information content (AvgIpc) is 3.34. The van der Waals surface area contributed by atoms with Crippen LogP contribution in [0, 0.1) is 17.5 Å². The van der Waals surface area contributed by atoms with Crippen molar-refractivity contribution in [3.8, 4) is 0 Å². The molecule has 1 atom stereocenters. The summed E-state index contributed by atoms with van der Waals surface area (Å²) in [6.07, 6.45) is 3.12. The number of halogens is 5. The third kappa shape index (κ3) is 8.83. The van der Waals surface area contributed by atoms with Gasteiger partial charge in [-0.2, -0.15) is 0 Å². The molecule has 3 aromatic carbocycles. The largest absolute Gasteiger partial charge is 0.387 e. The zero-order chi connectivity index (χ0) is 26.2. The Morgan fingerprint density at radius 2 is 1.67 bits per heavy atom. The molecule has 0 spiro atoms. The quantitative estimate of drug-likeness (QED) is 0.167. The molecule has 0 radical (unpaired) electrons. The predicted molar refractivity (Wildman–Crippen MR) is 149 cm³/mol. The molecule has 0 aliphatic heterocycles. The van der Waals surface area contributed by atoms with E-state index in [1.165, 1.54) is 16.8 Å². The second-order valence-electron chi connectivity index (χ2n) is 8.61. The van der Waals surface area contributed by atoms with Crippen LogP contribution >= 0.6 is 24.8 Å². The van der Waals surface area contributed by atoms with Crippen molar-refractivity contribution >= 4 is 36.4 Å². The fourth-order valence-electron chi connectivity index (χ4n) is 3.89. The van der Waals surface area contributed by atoms with E-state index >= 15 is 0 Å². The number of carbonyl (C=O) groups is 1. The van der Waals surface area contributed by atoms with Crippen LogP contribution in [-0.2, 0) is 24.2 Å². The van der Waals surface area contributed by atoms with Gasteiger partial charge in [0, 0.05) is 30.2 Å². The highest BCUT2D eigenvalue weighted by atomic mass is 35.5. The Morgan fingerprint density at radius 3 is 2.38 bits per heavy atom. The van der Waals surface area contributed by atoms with E-state index in [9.17, 15) is 23.1 Å². The van der Waals surface area contributed by atoms with Gasteiger partial charge in [0.25, 0.3) is 0 Å². The summed E-state index contributed by atoms with van der Waals surface area (Å²) in [7, 11) is 0. The van der Waals surface area contributed by atoms with Crippen LogP contribution in [0.4, 0.5) is 18.9 Å². The van der Waals surface area contributed by atoms with E-state index in [0.29, 0.717) is 24.6 Å². The molecule has 11 heteroatoms. The van der Waals surface area contributed by atoms with Crippen LogP contribution in [0.25, 0.3) is 0 Å². The van der Waals surface area contributed by atoms with E-state index in [0.717, 1.165) is 23.6 Å². The SMILES string of the molecule is Cl.Cl.O=C(Cc1nccn1Cc1ccc(F)c(F)c1F)Nc1ccc(CCNC[C@H](O)c2ccccc2)cc1. The number of aliphatic hydroxyl groups is 1. The molecule has 1 aromatic heterocycles. The molecule has 0 aliphatic rings. The smallest absolute Gasteiger partial charge is 0.231 e. The molecule has 6 nitrogen and oxygen atoms in total. The lowest BCUT2D eigenvalue weighted by Crippen LogP contribution is -2.23. The number of nitrogens with one attached hydrogen (secondary N) is 2. The van der Waals surface area contributed by atoms with Gasteiger partial charge in [0.05, 0.1) is 19.1 Å². The second kappa shape index (κ2) is 15.3. The molecule has 0 saturated heterocycles. The number of imidazole rings is 1. The lowest BCUT2D eigenvalue weighted by atomic mass is 10.1. The van der Waals surface area contributed by atoms with Crippen LogP contribution < -0.4 is 10.6 Å². The first kappa shape index (κ1) is 31.8. The number of carbonyl (C=O) groups excluding carboxylic acids is 1. The van der Waals surface area contributed by atoms with Crippen molar-refractivity contribution in [3.63, 3.8) is 0 Å². The predicted octanol–water partition coefficient (Wildman–Crippen LogP) is 5.24. The fourth-order valence-corrected chi connectivity index (χ4v) is 3.89. The molecule has 1 amide bonds. The molecule has 39 heavy (non-hydrogen) atoms. The van der Waals surface area contributed by atoms with E-state index in [1.807, 2.05) is 42.5 Å². The summed E-state index contributed by atoms with van der Waals surface area (Å²) in [5.74, 6) is -3.99. The topological polar surface area (TPSA) is 79.2 Å². The summed E-state index contributed by atoms with van der Waals surface area (Å²) < 4.78 is 42.3. The zero-order valence-corrected chi connectivity index (χ0v) is 22.5. The number of hydrogen-bond acceptors (Lipinski definition) is 4. The highest BCUT2D eigenvalue weighted by molar-refractivity contribution is 5.91. The van der Waals surface area contributed by atoms with Gasteiger partial charge in [0.1, 0.15) is 5.82 Å². The van der Waals surface area contributed by atoms with Crippen LogP contribution in [0.5, 0.6) is 0 Å². The zero-order valence-electron chi connectivity index (χ0n) is 20.8. The summed E-state index contributed by atoms with van der Waals surface area (Å²) >= 11 is 0. The lowest BCUT2D eigenvalue weighted by molar-refractivity contribution is -0.115. The number of amides is 1. The van der Waals surface area contributed by atoms with Crippen molar-refractivity contribution in [1.82, 2.24) is 14.9 Å². The molecule has 1 heterocycles. The Morgan fingerprint density at radius 1 is 0.949 bits per heavy atom. The fraction of sp³-hybridized carbons (Fsp3) is 0.214. The Balaban J connectivity index is 0.00000267. The Bertz CT molecular complexity index is 1340. The molecule has 0 fully saturated rings. The van der Waals surface area contributed by atoms with Gasteiger partial charge in [-0.05, 0) is 42.3 Å². The molecule has 208 valence electrons. The minimum Gasteiger partial charge on any atom is -0.387 e. The summed E-state index contributed by atoms with van der Waals surface area (Å²) in [4.78, 5) is 16.7. The molecular formula is C28H29Cl2F3N4O2. The maximum Gasteiger partial charge on any atom is 0.231 e.